The summed E-state index contributed by atoms with van der Waals surface area (Å²) in [4.78, 5) is 14.2. The van der Waals surface area contributed by atoms with E-state index in [1.54, 1.807) is 11.3 Å². The van der Waals surface area contributed by atoms with E-state index in [0.29, 0.717) is 18.4 Å². The van der Waals surface area contributed by atoms with Crippen LogP contribution in [0.1, 0.15) is 32.3 Å². The standard InChI is InChI=1S/C13H19NOS/c1-10-4-3-6-14(11(10)2)13(15)8-12-5-7-16-9-12/h5,7,9-11H,3-4,6,8H2,1-2H3/t10-,11?/m0/s1. The Morgan fingerprint density at radius 2 is 2.38 bits per heavy atom. The lowest BCUT2D eigenvalue weighted by Gasteiger charge is -2.38. The SMILES string of the molecule is CC1[C@@H](C)CCCN1C(=O)Cc1ccsc1. The summed E-state index contributed by atoms with van der Waals surface area (Å²) < 4.78 is 0. The molecule has 1 amide bonds. The van der Waals surface area contributed by atoms with E-state index in [9.17, 15) is 4.79 Å². The van der Waals surface area contributed by atoms with Gasteiger partial charge in [0, 0.05) is 12.6 Å². The van der Waals surface area contributed by atoms with Crippen molar-refractivity contribution in [1.82, 2.24) is 4.90 Å². The van der Waals surface area contributed by atoms with E-state index >= 15 is 0 Å². The van der Waals surface area contributed by atoms with Crippen LogP contribution >= 0.6 is 11.3 Å². The molecule has 0 radical (unpaired) electrons. The van der Waals surface area contributed by atoms with E-state index in [4.69, 9.17) is 0 Å². The number of nitrogens with zero attached hydrogens (tertiary/aromatic N) is 1. The maximum atomic E-state index is 12.2. The van der Waals surface area contributed by atoms with Crippen molar-refractivity contribution in [3.8, 4) is 0 Å². The highest BCUT2D eigenvalue weighted by atomic mass is 32.1. The molecule has 2 atom stereocenters. The summed E-state index contributed by atoms with van der Waals surface area (Å²) in [5.74, 6) is 0.928. The Labute approximate surface area is 101 Å². The zero-order valence-corrected chi connectivity index (χ0v) is 10.8. The summed E-state index contributed by atoms with van der Waals surface area (Å²) >= 11 is 1.66. The van der Waals surface area contributed by atoms with Crippen LogP contribution in [-0.2, 0) is 11.2 Å². The highest BCUT2D eigenvalue weighted by Crippen LogP contribution is 2.23. The highest BCUT2D eigenvalue weighted by molar-refractivity contribution is 7.07. The minimum absolute atomic E-state index is 0.289. The molecule has 0 saturated carbocycles. The predicted molar refractivity (Wildman–Crippen MR) is 67.6 cm³/mol. The van der Waals surface area contributed by atoms with E-state index in [1.165, 1.54) is 6.42 Å². The third-order valence-corrected chi connectivity index (χ3v) is 4.36. The normalized spacial score (nSPS) is 25.8. The van der Waals surface area contributed by atoms with Crippen molar-refractivity contribution in [2.45, 2.75) is 39.2 Å². The minimum Gasteiger partial charge on any atom is -0.339 e. The lowest BCUT2D eigenvalue weighted by molar-refractivity contribution is -0.135. The van der Waals surface area contributed by atoms with Crippen molar-refractivity contribution in [2.75, 3.05) is 6.54 Å². The van der Waals surface area contributed by atoms with Crippen molar-refractivity contribution < 1.29 is 4.79 Å². The molecular weight excluding hydrogens is 218 g/mol. The highest BCUT2D eigenvalue weighted by Gasteiger charge is 2.27. The second kappa shape index (κ2) is 5.00. The summed E-state index contributed by atoms with van der Waals surface area (Å²) in [7, 11) is 0. The van der Waals surface area contributed by atoms with Gasteiger partial charge in [-0.25, -0.2) is 0 Å². The van der Waals surface area contributed by atoms with Crippen molar-refractivity contribution >= 4 is 17.2 Å². The minimum atomic E-state index is 0.289. The molecular formula is C13H19NOS. The number of likely N-dealkylation sites (tertiary alicyclic amines) is 1. The molecule has 2 nitrogen and oxygen atoms in total. The van der Waals surface area contributed by atoms with Gasteiger partial charge in [-0.15, -0.1) is 0 Å². The fraction of sp³-hybridized carbons (Fsp3) is 0.615. The maximum absolute atomic E-state index is 12.2. The fourth-order valence-corrected chi connectivity index (χ4v) is 3.03. The van der Waals surface area contributed by atoms with Crippen LogP contribution in [0.4, 0.5) is 0 Å². The maximum Gasteiger partial charge on any atom is 0.227 e. The van der Waals surface area contributed by atoms with Gasteiger partial charge < -0.3 is 4.90 Å². The monoisotopic (exact) mass is 237 g/mol. The molecule has 3 heteroatoms. The number of hydrogen-bond acceptors (Lipinski definition) is 2. The molecule has 0 aromatic carbocycles. The van der Waals surface area contributed by atoms with Crippen LogP contribution in [0.5, 0.6) is 0 Å². The van der Waals surface area contributed by atoms with Gasteiger partial charge >= 0.3 is 0 Å². The Morgan fingerprint density at radius 3 is 3.06 bits per heavy atom. The molecule has 1 aromatic heterocycles. The first-order valence-electron chi connectivity index (χ1n) is 5.99. The van der Waals surface area contributed by atoms with Crippen LogP contribution in [0, 0.1) is 5.92 Å². The molecule has 1 aliphatic heterocycles. The van der Waals surface area contributed by atoms with Gasteiger partial charge in [-0.05, 0) is 48.1 Å². The quantitative estimate of drug-likeness (QED) is 0.774. The van der Waals surface area contributed by atoms with Gasteiger partial charge in [0.2, 0.25) is 5.91 Å². The summed E-state index contributed by atoms with van der Waals surface area (Å²) in [6.07, 6.45) is 2.98. The second-order valence-electron chi connectivity index (χ2n) is 4.76. The van der Waals surface area contributed by atoms with E-state index in [-0.39, 0.29) is 5.91 Å². The van der Waals surface area contributed by atoms with Gasteiger partial charge in [0.15, 0.2) is 0 Å². The van der Waals surface area contributed by atoms with E-state index in [0.717, 1.165) is 18.5 Å². The zero-order valence-electron chi connectivity index (χ0n) is 9.98. The van der Waals surface area contributed by atoms with Crippen molar-refractivity contribution in [3.05, 3.63) is 22.4 Å². The predicted octanol–water partition coefficient (Wildman–Crippen LogP) is 2.94. The average molecular weight is 237 g/mol. The number of hydrogen-bond donors (Lipinski definition) is 0. The van der Waals surface area contributed by atoms with Crippen LogP contribution in [0.2, 0.25) is 0 Å². The Bertz CT molecular complexity index is 347. The average Bonchev–Trinajstić information content (AvgIpc) is 2.74. The Kier molecular flexibility index (Phi) is 3.64. The zero-order chi connectivity index (χ0) is 11.5. The Balaban J connectivity index is 1.98. The molecule has 0 N–H and O–H groups in total. The lowest BCUT2D eigenvalue weighted by atomic mass is 9.91. The topological polar surface area (TPSA) is 20.3 Å². The van der Waals surface area contributed by atoms with Gasteiger partial charge in [-0.2, -0.15) is 11.3 Å². The van der Waals surface area contributed by atoms with E-state index in [2.05, 4.69) is 24.1 Å². The van der Waals surface area contributed by atoms with Gasteiger partial charge in [0.05, 0.1) is 6.42 Å². The molecule has 0 bridgehead atoms. The van der Waals surface area contributed by atoms with Gasteiger partial charge in [0.25, 0.3) is 0 Å². The van der Waals surface area contributed by atoms with Gasteiger partial charge in [0.1, 0.15) is 0 Å². The Morgan fingerprint density at radius 1 is 1.56 bits per heavy atom. The van der Waals surface area contributed by atoms with Crippen molar-refractivity contribution in [2.24, 2.45) is 5.92 Å². The number of carbonyl (C=O) groups excluding carboxylic acids is 1. The van der Waals surface area contributed by atoms with Crippen LogP contribution in [0.3, 0.4) is 0 Å². The van der Waals surface area contributed by atoms with E-state index in [1.807, 2.05) is 11.4 Å². The number of rotatable bonds is 2. The lowest BCUT2D eigenvalue weighted by Crippen LogP contribution is -2.46. The largest absolute Gasteiger partial charge is 0.339 e. The van der Waals surface area contributed by atoms with Crippen molar-refractivity contribution in [3.63, 3.8) is 0 Å². The molecule has 1 unspecified atom stereocenters. The molecule has 0 aliphatic carbocycles. The molecule has 1 fully saturated rings. The van der Waals surface area contributed by atoms with Crippen molar-refractivity contribution in [1.29, 1.82) is 0 Å². The van der Waals surface area contributed by atoms with Crippen LogP contribution in [0.15, 0.2) is 16.8 Å². The van der Waals surface area contributed by atoms with Gasteiger partial charge in [-0.3, -0.25) is 4.79 Å². The summed E-state index contributed by atoms with van der Waals surface area (Å²) in [5.41, 5.74) is 1.15. The smallest absolute Gasteiger partial charge is 0.227 e. The summed E-state index contributed by atoms with van der Waals surface area (Å²) in [6.45, 7) is 5.36. The number of amides is 1. The molecule has 16 heavy (non-hydrogen) atoms. The number of thiophene rings is 1. The van der Waals surface area contributed by atoms with E-state index < -0.39 is 0 Å². The van der Waals surface area contributed by atoms with Crippen LogP contribution < -0.4 is 0 Å². The van der Waals surface area contributed by atoms with Crippen LogP contribution in [-0.4, -0.2) is 23.4 Å². The first-order valence-corrected chi connectivity index (χ1v) is 6.93. The molecule has 1 aromatic rings. The first kappa shape index (κ1) is 11.6. The van der Waals surface area contributed by atoms with Crippen LogP contribution in [0.25, 0.3) is 0 Å². The fourth-order valence-electron chi connectivity index (χ4n) is 2.36. The second-order valence-corrected chi connectivity index (χ2v) is 5.54. The number of piperidine rings is 1. The third-order valence-electron chi connectivity index (χ3n) is 3.63. The molecule has 0 spiro atoms. The first-order chi connectivity index (χ1) is 7.68. The summed E-state index contributed by atoms with van der Waals surface area (Å²) in [6, 6.07) is 2.44. The molecule has 2 heterocycles. The molecule has 88 valence electrons. The molecule has 1 saturated heterocycles. The molecule has 2 rings (SSSR count). The third kappa shape index (κ3) is 2.46. The number of carbonyl (C=O) groups is 1. The Hall–Kier alpha value is -0.830. The molecule has 1 aliphatic rings. The van der Waals surface area contributed by atoms with Gasteiger partial charge in [-0.1, -0.05) is 6.92 Å². The summed E-state index contributed by atoms with van der Waals surface area (Å²) in [5, 5.41) is 4.10.